The number of fused-ring (bicyclic) bond motifs is 1. The van der Waals surface area contributed by atoms with Gasteiger partial charge in [0, 0.05) is 43.5 Å². The van der Waals surface area contributed by atoms with Gasteiger partial charge in [0.25, 0.3) is 0 Å². The van der Waals surface area contributed by atoms with Crippen molar-refractivity contribution in [3.05, 3.63) is 40.4 Å². The van der Waals surface area contributed by atoms with Gasteiger partial charge in [-0.2, -0.15) is 5.10 Å². The van der Waals surface area contributed by atoms with Crippen LogP contribution >= 0.6 is 22.9 Å². The molecular formula is C13H16ClN5OS. The van der Waals surface area contributed by atoms with Gasteiger partial charge in [-0.25, -0.2) is 4.98 Å². The second-order valence-corrected chi connectivity index (χ2v) is 6.42. The Bertz CT molecular complexity index is 760. The number of thiazole rings is 1. The SMILES string of the molecule is Cn1cc(C(C)(O)CNCc2c(Cl)nc3sccn23)cn1. The highest BCUT2D eigenvalue weighted by molar-refractivity contribution is 7.15. The summed E-state index contributed by atoms with van der Waals surface area (Å²) in [6.07, 6.45) is 5.42. The fourth-order valence-electron chi connectivity index (χ4n) is 2.19. The lowest BCUT2D eigenvalue weighted by molar-refractivity contribution is 0.0565. The van der Waals surface area contributed by atoms with Crippen molar-refractivity contribution in [3.8, 4) is 0 Å². The number of aromatic nitrogens is 4. The van der Waals surface area contributed by atoms with Crippen molar-refractivity contribution in [2.24, 2.45) is 7.05 Å². The summed E-state index contributed by atoms with van der Waals surface area (Å²) < 4.78 is 3.63. The molecule has 0 saturated carbocycles. The Kier molecular flexibility index (Phi) is 3.75. The van der Waals surface area contributed by atoms with Gasteiger partial charge in [-0.15, -0.1) is 11.3 Å². The van der Waals surface area contributed by atoms with Gasteiger partial charge in [0.1, 0.15) is 5.60 Å². The van der Waals surface area contributed by atoms with Crippen molar-refractivity contribution >= 4 is 27.9 Å². The summed E-state index contributed by atoms with van der Waals surface area (Å²) in [6.45, 7) is 2.69. The third-order valence-electron chi connectivity index (χ3n) is 3.40. The highest BCUT2D eigenvalue weighted by Crippen LogP contribution is 2.22. The maximum atomic E-state index is 10.5. The maximum absolute atomic E-state index is 10.5. The molecule has 1 atom stereocenters. The van der Waals surface area contributed by atoms with E-state index in [1.165, 1.54) is 0 Å². The minimum Gasteiger partial charge on any atom is -0.384 e. The van der Waals surface area contributed by atoms with Crippen LogP contribution < -0.4 is 5.32 Å². The average molecular weight is 326 g/mol. The summed E-state index contributed by atoms with van der Waals surface area (Å²) in [5, 5.41) is 20.3. The fraction of sp³-hybridized carbons (Fsp3) is 0.385. The van der Waals surface area contributed by atoms with E-state index in [1.807, 2.05) is 29.2 Å². The van der Waals surface area contributed by atoms with Gasteiger partial charge in [0.15, 0.2) is 10.1 Å². The van der Waals surface area contributed by atoms with E-state index in [9.17, 15) is 5.11 Å². The molecule has 8 heteroatoms. The first kappa shape index (κ1) is 14.5. The second kappa shape index (κ2) is 5.42. The highest BCUT2D eigenvalue weighted by Gasteiger charge is 2.24. The summed E-state index contributed by atoms with van der Waals surface area (Å²) in [6, 6.07) is 0. The van der Waals surface area contributed by atoms with Gasteiger partial charge >= 0.3 is 0 Å². The molecule has 1 unspecified atom stereocenters. The van der Waals surface area contributed by atoms with E-state index in [0.29, 0.717) is 18.2 Å². The van der Waals surface area contributed by atoms with Crippen molar-refractivity contribution < 1.29 is 5.11 Å². The van der Waals surface area contributed by atoms with Gasteiger partial charge in [-0.1, -0.05) is 11.6 Å². The molecule has 0 aliphatic heterocycles. The van der Waals surface area contributed by atoms with Crippen LogP contribution in [0.5, 0.6) is 0 Å². The van der Waals surface area contributed by atoms with Crippen molar-refractivity contribution in [1.82, 2.24) is 24.5 Å². The number of hydrogen-bond acceptors (Lipinski definition) is 5. The van der Waals surface area contributed by atoms with Crippen LogP contribution in [0.2, 0.25) is 5.15 Å². The normalized spacial score (nSPS) is 14.7. The van der Waals surface area contributed by atoms with Crippen molar-refractivity contribution in [3.63, 3.8) is 0 Å². The topological polar surface area (TPSA) is 67.4 Å². The van der Waals surface area contributed by atoms with E-state index < -0.39 is 5.60 Å². The summed E-state index contributed by atoms with van der Waals surface area (Å²) >= 11 is 7.68. The van der Waals surface area contributed by atoms with Crippen LogP contribution in [0, 0.1) is 0 Å². The second-order valence-electron chi connectivity index (χ2n) is 5.18. The van der Waals surface area contributed by atoms with E-state index in [0.717, 1.165) is 16.2 Å². The third-order valence-corrected chi connectivity index (χ3v) is 4.46. The number of nitrogens with one attached hydrogen (secondary N) is 1. The molecule has 0 amide bonds. The Morgan fingerprint density at radius 3 is 3.05 bits per heavy atom. The van der Waals surface area contributed by atoms with E-state index in [1.54, 1.807) is 29.1 Å². The van der Waals surface area contributed by atoms with Gasteiger partial charge in [-0.3, -0.25) is 9.08 Å². The minimum absolute atomic E-state index is 0.395. The standard InChI is InChI=1S/C13H16ClN5OS/c1-13(20,9-5-16-18(2)7-9)8-15-6-10-11(14)17-12-19(10)3-4-21-12/h3-5,7,15,20H,6,8H2,1-2H3. The number of aryl methyl sites for hydroxylation is 1. The van der Waals surface area contributed by atoms with E-state index in [2.05, 4.69) is 15.4 Å². The lowest BCUT2D eigenvalue weighted by Crippen LogP contribution is -2.35. The maximum Gasteiger partial charge on any atom is 0.195 e. The molecule has 0 spiro atoms. The predicted molar refractivity (Wildman–Crippen MR) is 82.6 cm³/mol. The largest absolute Gasteiger partial charge is 0.384 e. The highest BCUT2D eigenvalue weighted by atomic mass is 35.5. The molecule has 3 rings (SSSR count). The molecule has 112 valence electrons. The van der Waals surface area contributed by atoms with E-state index in [4.69, 9.17) is 11.6 Å². The van der Waals surface area contributed by atoms with Gasteiger partial charge in [0.05, 0.1) is 11.9 Å². The molecule has 2 N–H and O–H groups in total. The lowest BCUT2D eigenvalue weighted by Gasteiger charge is -2.22. The molecule has 21 heavy (non-hydrogen) atoms. The van der Waals surface area contributed by atoms with Crippen LogP contribution in [0.25, 0.3) is 4.96 Å². The molecule has 0 radical (unpaired) electrons. The first-order valence-electron chi connectivity index (χ1n) is 6.49. The molecule has 0 aliphatic carbocycles. The molecule has 0 aromatic carbocycles. The molecule has 0 fully saturated rings. The summed E-state index contributed by atoms with van der Waals surface area (Å²) in [4.78, 5) is 5.15. The average Bonchev–Trinajstić information content (AvgIpc) is 3.08. The molecule has 0 aliphatic rings. The molecule has 0 bridgehead atoms. The zero-order chi connectivity index (χ0) is 15.0. The predicted octanol–water partition coefficient (Wildman–Crippen LogP) is 1.78. The number of aliphatic hydroxyl groups is 1. The zero-order valence-corrected chi connectivity index (χ0v) is 13.3. The monoisotopic (exact) mass is 325 g/mol. The van der Waals surface area contributed by atoms with Crippen LogP contribution in [0.1, 0.15) is 18.2 Å². The summed E-state index contributed by atoms with van der Waals surface area (Å²) in [5.74, 6) is 0. The molecular weight excluding hydrogens is 310 g/mol. The Morgan fingerprint density at radius 2 is 2.33 bits per heavy atom. The molecule has 3 aromatic rings. The van der Waals surface area contributed by atoms with Crippen LogP contribution in [-0.2, 0) is 19.2 Å². The Morgan fingerprint density at radius 1 is 1.52 bits per heavy atom. The number of hydrogen-bond donors (Lipinski definition) is 2. The van der Waals surface area contributed by atoms with E-state index in [-0.39, 0.29) is 0 Å². The van der Waals surface area contributed by atoms with Crippen molar-refractivity contribution in [2.45, 2.75) is 19.1 Å². The number of imidazole rings is 1. The number of halogens is 1. The fourth-order valence-corrected chi connectivity index (χ4v) is 3.21. The Balaban J connectivity index is 1.68. The van der Waals surface area contributed by atoms with Gasteiger partial charge < -0.3 is 10.4 Å². The molecule has 3 aromatic heterocycles. The summed E-state index contributed by atoms with van der Waals surface area (Å²) in [7, 11) is 1.83. The smallest absolute Gasteiger partial charge is 0.195 e. The van der Waals surface area contributed by atoms with Crippen LogP contribution in [0.4, 0.5) is 0 Å². The number of nitrogens with zero attached hydrogens (tertiary/aromatic N) is 4. The van der Waals surface area contributed by atoms with Gasteiger partial charge in [0.2, 0.25) is 0 Å². The zero-order valence-electron chi connectivity index (χ0n) is 11.7. The van der Waals surface area contributed by atoms with Crippen LogP contribution in [0.15, 0.2) is 24.0 Å². The van der Waals surface area contributed by atoms with Crippen LogP contribution in [-0.4, -0.2) is 30.8 Å². The first-order valence-corrected chi connectivity index (χ1v) is 7.75. The third kappa shape index (κ3) is 2.82. The van der Waals surface area contributed by atoms with Crippen LogP contribution in [0.3, 0.4) is 0 Å². The van der Waals surface area contributed by atoms with Crippen molar-refractivity contribution in [2.75, 3.05) is 6.54 Å². The Hall–Kier alpha value is -1.41. The molecule has 6 nitrogen and oxygen atoms in total. The van der Waals surface area contributed by atoms with Gasteiger partial charge in [-0.05, 0) is 6.92 Å². The minimum atomic E-state index is -0.987. The quantitative estimate of drug-likeness (QED) is 0.750. The van der Waals surface area contributed by atoms with Crippen molar-refractivity contribution in [1.29, 1.82) is 0 Å². The number of rotatable bonds is 5. The summed E-state index contributed by atoms with van der Waals surface area (Å²) in [5.41, 5.74) is 0.687. The lowest BCUT2D eigenvalue weighted by atomic mass is 10.00. The Labute approximate surface area is 131 Å². The molecule has 0 saturated heterocycles. The van der Waals surface area contributed by atoms with E-state index >= 15 is 0 Å². The first-order chi connectivity index (χ1) is 9.97. The molecule has 3 heterocycles.